The van der Waals surface area contributed by atoms with Gasteiger partial charge in [-0.3, -0.25) is 4.99 Å². The molecular formula is C15H22F2N3O3S+. The van der Waals surface area contributed by atoms with Gasteiger partial charge in [0.15, 0.2) is 15.5 Å². The molecule has 1 aromatic rings. The fourth-order valence-electron chi connectivity index (χ4n) is 3.26. The van der Waals surface area contributed by atoms with Gasteiger partial charge in [-0.05, 0) is 25.3 Å². The fraction of sp³-hybridized carbons (Fsp3) is 0.533. The van der Waals surface area contributed by atoms with E-state index in [1.54, 1.807) is 6.92 Å². The molecule has 2 rings (SSSR count). The van der Waals surface area contributed by atoms with Crippen LogP contribution in [0.3, 0.4) is 0 Å². The Bertz CT molecular complexity index is 769. The second kappa shape index (κ2) is 6.38. The number of nitrogens with two attached hydrogens (primary N) is 2. The van der Waals surface area contributed by atoms with E-state index in [0.717, 1.165) is 17.8 Å². The largest absolute Gasteiger partial charge is 0.386 e. The molecule has 0 bridgehead atoms. The van der Waals surface area contributed by atoms with Crippen molar-refractivity contribution in [3.05, 3.63) is 29.6 Å². The van der Waals surface area contributed by atoms with Gasteiger partial charge in [0.05, 0.1) is 0 Å². The van der Waals surface area contributed by atoms with Crippen molar-refractivity contribution in [1.29, 1.82) is 0 Å². The van der Waals surface area contributed by atoms with Crippen LogP contribution < -0.4 is 11.2 Å². The quantitative estimate of drug-likeness (QED) is 0.534. The molecule has 5 N–H and O–H groups in total. The van der Waals surface area contributed by atoms with Gasteiger partial charge in [-0.1, -0.05) is 6.92 Å². The first-order valence-electron chi connectivity index (χ1n) is 7.54. The third kappa shape index (κ3) is 2.80. The van der Waals surface area contributed by atoms with Crippen LogP contribution in [0, 0.1) is 5.82 Å². The molecular weight excluding hydrogens is 340 g/mol. The molecule has 134 valence electrons. The van der Waals surface area contributed by atoms with Gasteiger partial charge in [0.25, 0.3) is 0 Å². The second-order valence-electron chi connectivity index (χ2n) is 6.15. The summed E-state index contributed by atoms with van der Waals surface area (Å²) in [4.78, 5) is 4.13. The summed E-state index contributed by atoms with van der Waals surface area (Å²) in [5, 5.41) is 9.11. The number of hydrogen-bond acceptors (Lipinski definition) is 5. The molecule has 0 aromatic heterocycles. The molecule has 1 aromatic carbocycles. The lowest BCUT2D eigenvalue weighted by Gasteiger charge is -2.41. The van der Waals surface area contributed by atoms with E-state index in [9.17, 15) is 17.2 Å². The highest BCUT2D eigenvalue weighted by Gasteiger charge is 2.51. The minimum absolute atomic E-state index is 0.00306. The maximum Gasteiger partial charge on any atom is 0.162 e. The topological polar surface area (TPSA) is 109 Å². The van der Waals surface area contributed by atoms with Crippen LogP contribution in [-0.4, -0.2) is 37.1 Å². The molecule has 0 saturated carbocycles. The molecule has 1 heterocycles. The number of alkyl halides is 1. The zero-order valence-corrected chi connectivity index (χ0v) is 14.4. The summed E-state index contributed by atoms with van der Waals surface area (Å²) in [6.07, 6.45) is 1.32. The van der Waals surface area contributed by atoms with E-state index in [4.69, 9.17) is 10.9 Å². The van der Waals surface area contributed by atoms with Crippen LogP contribution in [0.1, 0.15) is 31.7 Å². The van der Waals surface area contributed by atoms with Gasteiger partial charge in [-0.15, -0.1) is 0 Å². The van der Waals surface area contributed by atoms with Crippen LogP contribution >= 0.6 is 0 Å². The molecule has 9 heteroatoms. The first-order chi connectivity index (χ1) is 11.2. The molecule has 24 heavy (non-hydrogen) atoms. The van der Waals surface area contributed by atoms with Crippen LogP contribution in [0.2, 0.25) is 0 Å². The lowest BCUT2D eigenvalue weighted by molar-refractivity contribution is -0.825. The minimum Gasteiger partial charge on any atom is -0.386 e. The van der Waals surface area contributed by atoms with E-state index in [2.05, 4.69) is 4.99 Å². The van der Waals surface area contributed by atoms with Crippen molar-refractivity contribution in [3.63, 3.8) is 0 Å². The van der Waals surface area contributed by atoms with Crippen LogP contribution in [0.4, 0.5) is 14.5 Å². The molecule has 1 unspecified atom stereocenters. The highest BCUT2D eigenvalue weighted by Crippen LogP contribution is 2.43. The number of halogens is 2. The number of sulfone groups is 1. The summed E-state index contributed by atoms with van der Waals surface area (Å²) in [6, 6.07) is 3.75. The van der Waals surface area contributed by atoms with Crippen molar-refractivity contribution in [2.45, 2.75) is 36.5 Å². The Labute approximate surface area is 139 Å². The van der Waals surface area contributed by atoms with Crippen LogP contribution in [-0.2, 0) is 15.4 Å². The molecule has 1 aliphatic heterocycles. The molecule has 0 spiro atoms. The van der Waals surface area contributed by atoms with Gasteiger partial charge in [-0.25, -0.2) is 22.4 Å². The Morgan fingerprint density at radius 1 is 1.42 bits per heavy atom. The normalized spacial score (nSPS) is 27.8. The summed E-state index contributed by atoms with van der Waals surface area (Å²) < 4.78 is 51.2. The number of rotatable bonds is 5. The number of nitrogens with zero attached hydrogens (tertiary/aromatic N) is 1. The zero-order chi connectivity index (χ0) is 18.2. The number of aliphatic imine (C=N–C) groups is 1. The van der Waals surface area contributed by atoms with Gasteiger partial charge >= 0.3 is 0 Å². The van der Waals surface area contributed by atoms with E-state index < -0.39 is 32.6 Å². The molecule has 1 aliphatic rings. The Balaban J connectivity index is 2.64. The van der Waals surface area contributed by atoms with Crippen molar-refractivity contribution in [1.82, 2.24) is 0 Å². The molecule has 0 saturated heterocycles. The molecule has 2 atom stereocenters. The summed E-state index contributed by atoms with van der Waals surface area (Å²) in [5.74, 6) is -0.882. The first-order valence-corrected chi connectivity index (χ1v) is 9.44. The van der Waals surface area contributed by atoms with Crippen molar-refractivity contribution in [2.75, 3.05) is 12.9 Å². The first kappa shape index (κ1) is 18.8. The lowest BCUT2D eigenvalue weighted by atomic mass is 9.79. The van der Waals surface area contributed by atoms with E-state index in [1.807, 2.05) is 0 Å². The second-order valence-corrected chi connectivity index (χ2v) is 8.48. The summed E-state index contributed by atoms with van der Waals surface area (Å²) in [7, 11) is -3.57. The van der Waals surface area contributed by atoms with Crippen molar-refractivity contribution in [2.24, 2.45) is 10.7 Å². The average molecular weight is 362 g/mol. The maximum atomic E-state index is 14.3. The van der Waals surface area contributed by atoms with Gasteiger partial charge in [-0.2, -0.15) is 5.48 Å². The molecule has 0 aliphatic carbocycles. The summed E-state index contributed by atoms with van der Waals surface area (Å²) >= 11 is 0. The average Bonchev–Trinajstić information content (AvgIpc) is 2.54. The van der Waals surface area contributed by atoms with E-state index >= 15 is 0 Å². The van der Waals surface area contributed by atoms with E-state index in [0.29, 0.717) is 5.69 Å². The van der Waals surface area contributed by atoms with E-state index in [-0.39, 0.29) is 30.7 Å². The Kier molecular flexibility index (Phi) is 4.98. The third-order valence-corrected chi connectivity index (χ3v) is 7.01. The van der Waals surface area contributed by atoms with Crippen molar-refractivity contribution >= 4 is 21.4 Å². The molecule has 0 radical (unpaired) electrons. The number of amidine groups is 1. The predicted octanol–water partition coefficient (Wildman–Crippen LogP) is 0.919. The monoisotopic (exact) mass is 362 g/mol. The van der Waals surface area contributed by atoms with Crippen molar-refractivity contribution < 1.29 is 27.9 Å². The molecule has 0 fully saturated rings. The van der Waals surface area contributed by atoms with Crippen LogP contribution in [0.5, 0.6) is 0 Å². The van der Waals surface area contributed by atoms with Crippen LogP contribution in [0.25, 0.3) is 0 Å². The zero-order valence-electron chi connectivity index (χ0n) is 13.6. The SMILES string of the molecule is CCC1(S(C)(=O)=O)CC[C@@](CF)(c2cc([NH2+]O)ccc2F)N=C1N. The van der Waals surface area contributed by atoms with Gasteiger partial charge < -0.3 is 5.73 Å². The molecule has 6 nitrogen and oxygen atoms in total. The third-order valence-electron chi connectivity index (χ3n) is 4.89. The Morgan fingerprint density at radius 3 is 2.54 bits per heavy atom. The van der Waals surface area contributed by atoms with Crippen molar-refractivity contribution in [3.8, 4) is 0 Å². The van der Waals surface area contributed by atoms with Crippen LogP contribution in [0.15, 0.2) is 23.2 Å². The van der Waals surface area contributed by atoms with E-state index in [1.165, 1.54) is 12.1 Å². The minimum atomic E-state index is -3.57. The predicted molar refractivity (Wildman–Crippen MR) is 86.1 cm³/mol. The van der Waals surface area contributed by atoms with Gasteiger partial charge in [0.2, 0.25) is 0 Å². The number of benzene rings is 1. The standard InChI is InChI=1S/C15H21F2N3O3S/c1-3-15(24(2,22)23)7-6-14(9-16,19-13(15)18)11-8-10(20-21)4-5-12(11)17/h4-5,8,20-21H,3,6-7,9H2,1-2H3,(H2,18,19)/p+1/t14-,15?/m1/s1. The molecule has 0 amide bonds. The lowest BCUT2D eigenvalue weighted by Crippen LogP contribution is -2.73. The van der Waals surface area contributed by atoms with Gasteiger partial charge in [0.1, 0.15) is 28.6 Å². The fourth-order valence-corrected chi connectivity index (χ4v) is 4.69. The summed E-state index contributed by atoms with van der Waals surface area (Å²) in [5.41, 5.74) is 5.38. The van der Waals surface area contributed by atoms with Gasteiger partial charge in [0, 0.05) is 24.0 Å². The highest BCUT2D eigenvalue weighted by atomic mass is 32.2. The summed E-state index contributed by atoms with van der Waals surface area (Å²) in [6.45, 7) is 0.650. The highest BCUT2D eigenvalue weighted by molar-refractivity contribution is 7.92. The number of quaternary nitrogens is 1. The maximum absolute atomic E-state index is 14.3. The number of hydrogen-bond donors (Lipinski definition) is 3. The smallest absolute Gasteiger partial charge is 0.162 e. The Hall–Kier alpha value is -1.58. The Morgan fingerprint density at radius 2 is 2.08 bits per heavy atom.